The van der Waals surface area contributed by atoms with Crippen molar-refractivity contribution in [3.8, 4) is 0 Å². The summed E-state index contributed by atoms with van der Waals surface area (Å²) < 4.78 is 70.9. The first-order chi connectivity index (χ1) is 15.3. The maximum atomic E-state index is 15.1. The fourth-order valence-electron chi connectivity index (χ4n) is 3.81. The summed E-state index contributed by atoms with van der Waals surface area (Å²) in [5.41, 5.74) is -2.95. The van der Waals surface area contributed by atoms with Crippen LogP contribution in [0.5, 0.6) is 0 Å². The number of carbonyl (C=O) groups excluding carboxylic acids is 1. The van der Waals surface area contributed by atoms with Crippen molar-refractivity contribution in [3.05, 3.63) is 70.3 Å². The van der Waals surface area contributed by atoms with E-state index in [1.807, 2.05) is 0 Å². The van der Waals surface area contributed by atoms with Gasteiger partial charge in [-0.15, -0.1) is 0 Å². The number of hydrogen-bond donors (Lipinski definition) is 1. The van der Waals surface area contributed by atoms with E-state index in [2.05, 4.69) is 10.5 Å². The van der Waals surface area contributed by atoms with Crippen molar-refractivity contribution >= 4 is 23.2 Å². The fraction of sp³-hybridized carbons (Fsp3) is 0.364. The van der Waals surface area contributed by atoms with Crippen LogP contribution in [0.1, 0.15) is 30.7 Å². The minimum absolute atomic E-state index is 0.0672. The highest BCUT2D eigenvalue weighted by Gasteiger charge is 2.60. The second kappa shape index (κ2) is 7.95. The molecule has 0 radical (unpaired) electrons. The summed E-state index contributed by atoms with van der Waals surface area (Å²) >= 11 is 5.75. The van der Waals surface area contributed by atoms with E-state index >= 15 is 4.39 Å². The highest BCUT2D eigenvalue weighted by Crippen LogP contribution is 2.48. The number of alkyl halides is 4. The van der Waals surface area contributed by atoms with Crippen molar-refractivity contribution in [3.63, 3.8) is 0 Å². The lowest BCUT2D eigenvalue weighted by Crippen LogP contribution is -2.60. The van der Waals surface area contributed by atoms with Crippen molar-refractivity contribution < 1.29 is 31.6 Å². The third-order valence-electron chi connectivity index (χ3n) is 5.60. The molecule has 2 aliphatic heterocycles. The third-order valence-corrected chi connectivity index (χ3v) is 5.82. The molecule has 2 aliphatic rings. The normalized spacial score (nSPS) is 22.1. The van der Waals surface area contributed by atoms with Crippen LogP contribution >= 0.6 is 11.6 Å². The van der Waals surface area contributed by atoms with Gasteiger partial charge in [-0.05, 0) is 36.4 Å². The van der Waals surface area contributed by atoms with E-state index in [-0.39, 0.29) is 46.9 Å². The lowest BCUT2D eigenvalue weighted by Gasteiger charge is -2.44. The van der Waals surface area contributed by atoms with Gasteiger partial charge in [0, 0.05) is 28.3 Å². The van der Waals surface area contributed by atoms with Crippen molar-refractivity contribution in [1.29, 1.82) is 0 Å². The van der Waals surface area contributed by atoms with Gasteiger partial charge in [0.2, 0.25) is 11.5 Å². The fourth-order valence-corrected chi connectivity index (χ4v) is 4.04. The molecule has 1 atom stereocenters. The van der Waals surface area contributed by atoms with E-state index < -0.39 is 28.8 Å². The van der Waals surface area contributed by atoms with Gasteiger partial charge in [-0.3, -0.25) is 20.1 Å². The zero-order valence-corrected chi connectivity index (χ0v) is 18.3. The Bertz CT molecular complexity index is 1090. The molecule has 5 nitrogen and oxygen atoms in total. The Morgan fingerprint density at radius 1 is 1.24 bits per heavy atom. The zero-order valence-electron chi connectivity index (χ0n) is 17.5. The molecule has 1 amide bonds. The van der Waals surface area contributed by atoms with Crippen LogP contribution in [-0.2, 0) is 20.9 Å². The van der Waals surface area contributed by atoms with E-state index in [0.29, 0.717) is 6.07 Å². The Hall–Kier alpha value is -2.72. The Morgan fingerprint density at radius 2 is 1.94 bits per heavy atom. The van der Waals surface area contributed by atoms with Crippen LogP contribution in [0.3, 0.4) is 0 Å². The van der Waals surface area contributed by atoms with Crippen molar-refractivity contribution in [2.24, 2.45) is 5.92 Å². The second-order valence-corrected chi connectivity index (χ2v) is 8.84. The van der Waals surface area contributed by atoms with Crippen molar-refractivity contribution in [2.75, 3.05) is 13.1 Å². The molecule has 0 saturated carbocycles. The van der Waals surface area contributed by atoms with E-state index in [4.69, 9.17) is 16.4 Å². The summed E-state index contributed by atoms with van der Waals surface area (Å²) in [6.07, 6.45) is -2.99. The molecule has 11 heteroatoms. The topological polar surface area (TPSA) is 54.5 Å². The number of rotatable bonds is 4. The number of hydrogen-bond acceptors (Lipinski definition) is 4. The van der Waals surface area contributed by atoms with E-state index in [1.165, 1.54) is 23.2 Å². The van der Waals surface area contributed by atoms with Crippen LogP contribution in [0.15, 0.2) is 42.6 Å². The molecule has 4 rings (SSSR count). The Morgan fingerprint density at radius 3 is 2.48 bits per heavy atom. The molecule has 0 aliphatic carbocycles. The van der Waals surface area contributed by atoms with Crippen LogP contribution in [0.2, 0.25) is 5.02 Å². The molecule has 1 aromatic carbocycles. The molecule has 0 bridgehead atoms. The quantitative estimate of drug-likeness (QED) is 0.625. The van der Waals surface area contributed by atoms with Crippen molar-refractivity contribution in [2.45, 2.75) is 31.3 Å². The molecule has 1 fully saturated rings. The average molecular weight is 488 g/mol. The number of aromatic nitrogens is 1. The third kappa shape index (κ3) is 4.06. The van der Waals surface area contributed by atoms with E-state index in [1.54, 1.807) is 13.8 Å². The molecule has 1 unspecified atom stereocenters. The number of nitrogens with one attached hydrogen (secondary N) is 1. The predicted molar refractivity (Wildman–Crippen MR) is 110 cm³/mol. The summed E-state index contributed by atoms with van der Waals surface area (Å²) in [6, 6.07) is 5.28. The van der Waals surface area contributed by atoms with Gasteiger partial charge in [0.15, 0.2) is 5.67 Å². The highest BCUT2D eigenvalue weighted by molar-refractivity contribution is 6.30. The molecule has 1 saturated heterocycles. The minimum atomic E-state index is -4.95. The minimum Gasteiger partial charge on any atom is -0.335 e. The Kier molecular flexibility index (Phi) is 5.65. The van der Waals surface area contributed by atoms with Gasteiger partial charge >= 0.3 is 6.18 Å². The molecule has 3 heterocycles. The average Bonchev–Trinajstić information content (AvgIpc) is 3.17. The molecule has 33 heavy (non-hydrogen) atoms. The number of halogens is 6. The second-order valence-electron chi connectivity index (χ2n) is 8.40. The first kappa shape index (κ1) is 23.4. The van der Waals surface area contributed by atoms with Crippen LogP contribution in [0.4, 0.5) is 22.0 Å². The van der Waals surface area contributed by atoms with Gasteiger partial charge in [-0.1, -0.05) is 25.4 Å². The van der Waals surface area contributed by atoms with Crippen LogP contribution in [-0.4, -0.2) is 35.1 Å². The van der Waals surface area contributed by atoms with Crippen LogP contribution < -0.4 is 5.48 Å². The maximum Gasteiger partial charge on any atom is 0.428 e. The van der Waals surface area contributed by atoms with E-state index in [0.717, 1.165) is 18.2 Å². The highest BCUT2D eigenvalue weighted by atomic mass is 35.5. The SMILES string of the molecule is CC(C)C(=O)N1CC(F)(c2ccc(C3=CC(c4cc(F)cc(Cl)c4)(C(F)(F)F)ON3)cn2)C1. The summed E-state index contributed by atoms with van der Waals surface area (Å²) in [5, 5.41) is -0.219. The number of carbonyl (C=O) groups is 1. The van der Waals surface area contributed by atoms with Crippen LogP contribution in [0.25, 0.3) is 5.70 Å². The molecule has 1 N–H and O–H groups in total. The van der Waals surface area contributed by atoms with Gasteiger partial charge in [-0.25, -0.2) is 8.78 Å². The van der Waals surface area contributed by atoms with Gasteiger partial charge < -0.3 is 4.90 Å². The van der Waals surface area contributed by atoms with Gasteiger partial charge in [0.25, 0.3) is 0 Å². The number of amides is 1. The number of nitrogens with zero attached hydrogens (tertiary/aromatic N) is 2. The lowest BCUT2D eigenvalue weighted by atomic mass is 9.90. The van der Waals surface area contributed by atoms with Gasteiger partial charge in [0.1, 0.15) is 5.82 Å². The van der Waals surface area contributed by atoms with Crippen LogP contribution in [0, 0.1) is 11.7 Å². The Balaban J connectivity index is 1.60. The smallest absolute Gasteiger partial charge is 0.335 e. The summed E-state index contributed by atoms with van der Waals surface area (Å²) in [6.45, 7) is 3.16. The monoisotopic (exact) mass is 487 g/mol. The largest absolute Gasteiger partial charge is 0.428 e. The molecule has 0 spiro atoms. The molecular formula is C22H19ClF5N3O2. The number of likely N-dealkylation sites (tertiary alicyclic amines) is 1. The summed E-state index contributed by atoms with van der Waals surface area (Å²) in [4.78, 5) is 22.3. The molecule has 176 valence electrons. The number of pyridine rings is 1. The standard InChI is InChI=1S/C22H19ClF5N3O2/c1-12(2)19(32)31-10-20(25,11-31)18-4-3-13(9-29-18)17-8-21(33-30-17,22(26,27)28)14-5-15(23)7-16(24)6-14/h3-9,12,30H,10-11H2,1-2H3. The summed E-state index contributed by atoms with van der Waals surface area (Å²) in [5.74, 6) is -1.37. The van der Waals surface area contributed by atoms with Crippen molar-refractivity contribution in [1.82, 2.24) is 15.4 Å². The van der Waals surface area contributed by atoms with Gasteiger partial charge in [0.05, 0.1) is 24.5 Å². The Labute approximate surface area is 191 Å². The first-order valence-electron chi connectivity index (χ1n) is 9.99. The van der Waals surface area contributed by atoms with Gasteiger partial charge in [-0.2, -0.15) is 13.2 Å². The summed E-state index contributed by atoms with van der Waals surface area (Å²) in [7, 11) is 0. The number of benzene rings is 1. The molecular weight excluding hydrogens is 469 g/mol. The number of hydroxylamine groups is 1. The molecule has 1 aromatic heterocycles. The zero-order chi connectivity index (χ0) is 24.2. The molecule has 2 aromatic rings. The predicted octanol–water partition coefficient (Wildman–Crippen LogP) is 4.87. The van der Waals surface area contributed by atoms with E-state index in [9.17, 15) is 22.4 Å². The maximum absolute atomic E-state index is 15.1. The first-order valence-corrected chi connectivity index (χ1v) is 10.4. The lowest BCUT2D eigenvalue weighted by molar-refractivity contribution is -0.269.